The van der Waals surface area contributed by atoms with Gasteiger partial charge in [-0.2, -0.15) is 13.2 Å². The molecule has 150 valence electrons. The van der Waals surface area contributed by atoms with Crippen LogP contribution in [0.5, 0.6) is 0 Å². The van der Waals surface area contributed by atoms with Crippen LogP contribution in [-0.4, -0.2) is 11.7 Å². The summed E-state index contributed by atoms with van der Waals surface area (Å²) in [5.41, 5.74) is 2.70. The van der Waals surface area contributed by atoms with E-state index in [4.69, 9.17) is 0 Å². The summed E-state index contributed by atoms with van der Waals surface area (Å²) < 4.78 is 38.2. The monoisotopic (exact) mass is 407 g/mol. The zero-order chi connectivity index (χ0) is 21.5. The minimum atomic E-state index is -4.37. The Morgan fingerprint density at radius 3 is 2.00 bits per heavy atom. The highest BCUT2D eigenvalue weighted by atomic mass is 19.4. The highest BCUT2D eigenvalue weighted by Gasteiger charge is 2.34. The number of alkyl halides is 3. The summed E-state index contributed by atoms with van der Waals surface area (Å²) >= 11 is 0. The lowest BCUT2D eigenvalue weighted by atomic mass is 10.0. The molecule has 0 N–H and O–H groups in total. The number of nitrogens with zero attached hydrogens (tertiary/aromatic N) is 1. The number of hydrogen-bond acceptors (Lipinski definition) is 2. The van der Waals surface area contributed by atoms with Gasteiger partial charge in [0.25, 0.3) is 0 Å². The predicted molar refractivity (Wildman–Crippen MR) is 109 cm³/mol. The number of anilines is 1. The fourth-order valence-corrected chi connectivity index (χ4v) is 3.48. The number of para-hydroxylation sites is 1. The Labute approximate surface area is 171 Å². The first kappa shape index (κ1) is 19.6. The molecule has 0 aromatic heterocycles. The van der Waals surface area contributed by atoms with Crippen LogP contribution in [0.2, 0.25) is 0 Å². The Hall–Kier alpha value is -3.67. The summed E-state index contributed by atoms with van der Waals surface area (Å²) in [5.74, 6) is -0.492. The average Bonchev–Trinajstić information content (AvgIpc) is 3.00. The lowest BCUT2D eigenvalue weighted by Crippen LogP contribution is -2.25. The van der Waals surface area contributed by atoms with Crippen LogP contribution in [0.15, 0.2) is 78.5 Å². The van der Waals surface area contributed by atoms with Crippen molar-refractivity contribution >= 4 is 23.5 Å². The van der Waals surface area contributed by atoms with Crippen molar-refractivity contribution in [1.82, 2.24) is 0 Å². The molecule has 1 heterocycles. The van der Waals surface area contributed by atoms with E-state index in [0.29, 0.717) is 22.4 Å². The van der Waals surface area contributed by atoms with E-state index < -0.39 is 11.7 Å². The zero-order valence-corrected chi connectivity index (χ0v) is 15.9. The molecule has 0 saturated heterocycles. The molecule has 3 aromatic rings. The molecule has 3 nitrogen and oxygen atoms in total. The molecule has 0 aliphatic carbocycles. The van der Waals surface area contributed by atoms with Gasteiger partial charge in [-0.15, -0.1) is 0 Å². The van der Waals surface area contributed by atoms with Gasteiger partial charge in [0.15, 0.2) is 0 Å². The van der Waals surface area contributed by atoms with Gasteiger partial charge in [-0.25, -0.2) is 0 Å². The quantitative estimate of drug-likeness (QED) is 0.492. The molecule has 0 spiro atoms. The molecular formula is C24H16F3NO2. The van der Waals surface area contributed by atoms with Crippen molar-refractivity contribution in [2.24, 2.45) is 0 Å². The number of fused-ring (bicyclic) bond motifs is 1. The fraction of sp³-hybridized carbons (Fsp3) is 0.0833. The summed E-state index contributed by atoms with van der Waals surface area (Å²) in [7, 11) is 0. The Balaban J connectivity index is 1.64. The van der Waals surface area contributed by atoms with Crippen molar-refractivity contribution in [2.75, 3.05) is 4.90 Å². The van der Waals surface area contributed by atoms with Crippen molar-refractivity contribution in [2.45, 2.75) is 13.1 Å². The van der Waals surface area contributed by atoms with Crippen LogP contribution >= 0.6 is 0 Å². The zero-order valence-electron chi connectivity index (χ0n) is 15.9. The van der Waals surface area contributed by atoms with Crippen molar-refractivity contribution in [3.63, 3.8) is 0 Å². The molecule has 6 heteroatoms. The SMILES string of the molecule is CC(=O)N1/C(=C/c2ccc(-c3ccc(C(F)(F)F)cc3)cc2)C(=O)c2ccccc21. The first-order valence-electron chi connectivity index (χ1n) is 9.19. The molecule has 1 aliphatic heterocycles. The van der Waals surface area contributed by atoms with Gasteiger partial charge in [0.1, 0.15) is 0 Å². The minimum Gasteiger partial charge on any atom is -0.287 e. The summed E-state index contributed by atoms with van der Waals surface area (Å²) in [6, 6.07) is 18.9. The number of carbonyl (C=O) groups is 2. The highest BCUT2D eigenvalue weighted by molar-refractivity contribution is 6.26. The molecule has 0 radical (unpaired) electrons. The van der Waals surface area contributed by atoms with Gasteiger partial charge in [0.05, 0.1) is 16.9 Å². The molecule has 1 aliphatic rings. The molecule has 30 heavy (non-hydrogen) atoms. The maximum absolute atomic E-state index is 12.8. The molecular weight excluding hydrogens is 391 g/mol. The molecule has 0 bridgehead atoms. The Morgan fingerprint density at radius 2 is 1.43 bits per heavy atom. The summed E-state index contributed by atoms with van der Waals surface area (Å²) in [5, 5.41) is 0. The van der Waals surface area contributed by atoms with Gasteiger partial charge in [0.2, 0.25) is 11.7 Å². The van der Waals surface area contributed by atoms with Gasteiger partial charge in [-0.05, 0) is 47.0 Å². The second-order valence-corrected chi connectivity index (χ2v) is 6.93. The van der Waals surface area contributed by atoms with Crippen molar-refractivity contribution in [3.05, 3.63) is 95.2 Å². The topological polar surface area (TPSA) is 37.4 Å². The number of allylic oxidation sites excluding steroid dienone is 1. The van der Waals surface area contributed by atoms with Crippen LogP contribution in [0, 0.1) is 0 Å². The molecule has 0 saturated carbocycles. The number of Topliss-reactive ketones (excluding diaryl/α,β-unsaturated/α-hetero) is 1. The number of ketones is 1. The average molecular weight is 407 g/mol. The van der Waals surface area contributed by atoms with Gasteiger partial charge >= 0.3 is 6.18 Å². The first-order valence-corrected chi connectivity index (χ1v) is 9.19. The van der Waals surface area contributed by atoms with Crippen LogP contribution < -0.4 is 4.90 Å². The Kier molecular flexibility index (Phi) is 4.78. The normalized spacial score (nSPS) is 14.9. The lowest BCUT2D eigenvalue weighted by Gasteiger charge is -2.16. The predicted octanol–water partition coefficient (Wildman–Crippen LogP) is 5.96. The van der Waals surface area contributed by atoms with Crippen molar-refractivity contribution < 1.29 is 22.8 Å². The Morgan fingerprint density at radius 1 is 0.867 bits per heavy atom. The number of benzene rings is 3. The molecule has 3 aromatic carbocycles. The van der Waals surface area contributed by atoms with Crippen LogP contribution in [0.3, 0.4) is 0 Å². The van der Waals surface area contributed by atoms with E-state index in [2.05, 4.69) is 0 Å². The number of amides is 1. The molecule has 0 unspecified atom stereocenters. The van der Waals surface area contributed by atoms with Crippen LogP contribution in [0.25, 0.3) is 17.2 Å². The lowest BCUT2D eigenvalue weighted by molar-refractivity contribution is -0.137. The van der Waals surface area contributed by atoms with E-state index in [9.17, 15) is 22.8 Å². The fourth-order valence-electron chi connectivity index (χ4n) is 3.48. The third-order valence-corrected chi connectivity index (χ3v) is 4.94. The number of carbonyl (C=O) groups excluding carboxylic acids is 2. The Bertz CT molecular complexity index is 1160. The summed E-state index contributed by atoms with van der Waals surface area (Å²) in [4.78, 5) is 26.3. The van der Waals surface area contributed by atoms with Crippen molar-refractivity contribution in [3.8, 4) is 11.1 Å². The van der Waals surface area contributed by atoms with Crippen LogP contribution in [-0.2, 0) is 11.0 Å². The van der Waals surface area contributed by atoms with Crippen LogP contribution in [0.1, 0.15) is 28.4 Å². The van der Waals surface area contributed by atoms with E-state index in [1.54, 1.807) is 54.6 Å². The van der Waals surface area contributed by atoms with E-state index in [1.165, 1.54) is 24.0 Å². The second-order valence-electron chi connectivity index (χ2n) is 6.93. The largest absolute Gasteiger partial charge is 0.416 e. The van der Waals surface area contributed by atoms with Crippen molar-refractivity contribution in [1.29, 1.82) is 0 Å². The molecule has 1 amide bonds. The maximum atomic E-state index is 12.8. The molecule has 0 atom stereocenters. The van der Waals surface area contributed by atoms with E-state index in [-0.39, 0.29) is 17.4 Å². The maximum Gasteiger partial charge on any atom is 0.416 e. The standard InChI is InChI=1S/C24H16F3NO2/c1-15(29)28-21-5-3-2-4-20(21)23(30)22(28)14-16-6-8-17(9-7-16)18-10-12-19(13-11-18)24(25,26)27/h2-14H,1H3/b22-14+. The van der Waals surface area contributed by atoms with E-state index in [1.807, 2.05) is 0 Å². The second kappa shape index (κ2) is 7.30. The smallest absolute Gasteiger partial charge is 0.287 e. The van der Waals surface area contributed by atoms with Gasteiger partial charge in [-0.1, -0.05) is 48.5 Å². The molecule has 4 rings (SSSR count). The number of hydrogen-bond donors (Lipinski definition) is 0. The number of rotatable bonds is 2. The van der Waals surface area contributed by atoms with E-state index >= 15 is 0 Å². The third kappa shape index (κ3) is 3.52. The molecule has 0 fully saturated rings. The third-order valence-electron chi connectivity index (χ3n) is 4.94. The van der Waals surface area contributed by atoms with Gasteiger partial charge < -0.3 is 0 Å². The highest BCUT2D eigenvalue weighted by Crippen LogP contribution is 2.36. The van der Waals surface area contributed by atoms with Gasteiger partial charge in [-0.3, -0.25) is 14.5 Å². The van der Waals surface area contributed by atoms with Gasteiger partial charge in [0, 0.05) is 12.5 Å². The minimum absolute atomic E-state index is 0.229. The van der Waals surface area contributed by atoms with E-state index in [0.717, 1.165) is 17.7 Å². The first-order chi connectivity index (χ1) is 14.3. The van der Waals surface area contributed by atoms with Crippen LogP contribution in [0.4, 0.5) is 18.9 Å². The number of halogens is 3. The summed E-state index contributed by atoms with van der Waals surface area (Å²) in [6.45, 7) is 1.40. The summed E-state index contributed by atoms with van der Waals surface area (Å²) in [6.07, 6.45) is -2.73.